The van der Waals surface area contributed by atoms with Crippen LogP contribution in [0.5, 0.6) is 5.75 Å². The van der Waals surface area contributed by atoms with E-state index in [1.165, 1.54) is 18.4 Å². The summed E-state index contributed by atoms with van der Waals surface area (Å²) in [6.45, 7) is 6.62. The standard InChI is InChI=1S/C25H30O5/c1-14-6-7-16-19(11-14)29-22-24(16,27)9-10-25(30-22)18-12-17-15(2)5-4-8-23(17,3)13-20(18)28-21(25)26/h6-7,11-12,15,18,20,22,27H,4-5,8-10,13H2,1-3H3. The predicted molar refractivity (Wildman–Crippen MR) is 110 cm³/mol. The van der Waals surface area contributed by atoms with Crippen molar-refractivity contribution in [1.29, 1.82) is 0 Å². The Kier molecular flexibility index (Phi) is 3.71. The summed E-state index contributed by atoms with van der Waals surface area (Å²) in [5.74, 6) is 0.764. The second-order valence-electron chi connectivity index (χ2n) is 10.5. The van der Waals surface area contributed by atoms with Crippen LogP contribution < -0.4 is 4.74 Å². The Balaban J connectivity index is 1.38. The van der Waals surface area contributed by atoms with Gasteiger partial charge in [0.05, 0.1) is 5.92 Å². The van der Waals surface area contributed by atoms with Crippen molar-refractivity contribution in [1.82, 2.24) is 0 Å². The van der Waals surface area contributed by atoms with Crippen molar-refractivity contribution in [2.45, 2.75) is 82.9 Å². The van der Waals surface area contributed by atoms with Crippen molar-refractivity contribution >= 4 is 5.97 Å². The van der Waals surface area contributed by atoms with Crippen LogP contribution in [0.25, 0.3) is 0 Å². The van der Waals surface area contributed by atoms with E-state index in [9.17, 15) is 9.90 Å². The number of allylic oxidation sites excluding steroid dienone is 1. The van der Waals surface area contributed by atoms with Crippen molar-refractivity contribution in [3.63, 3.8) is 0 Å². The SMILES string of the molecule is Cc1ccc2c(c1)OC1OC3(CCC21O)C(=O)OC1CC2(C)CCCC(C)C2=CC13. The zero-order chi connectivity index (χ0) is 20.9. The molecule has 0 aromatic heterocycles. The lowest BCUT2D eigenvalue weighted by Crippen LogP contribution is -2.58. The number of rotatable bonds is 0. The van der Waals surface area contributed by atoms with Crippen LogP contribution >= 0.6 is 0 Å². The van der Waals surface area contributed by atoms with Gasteiger partial charge in [-0.15, -0.1) is 0 Å². The molecule has 5 nitrogen and oxygen atoms in total. The lowest BCUT2D eigenvalue weighted by Gasteiger charge is -2.48. The van der Waals surface area contributed by atoms with Crippen LogP contribution in [0.1, 0.15) is 63.5 Å². The number of fused-ring (bicyclic) bond motifs is 6. The van der Waals surface area contributed by atoms with Gasteiger partial charge < -0.3 is 19.3 Å². The zero-order valence-electron chi connectivity index (χ0n) is 17.9. The van der Waals surface area contributed by atoms with Crippen molar-refractivity contribution < 1.29 is 24.1 Å². The first-order valence-electron chi connectivity index (χ1n) is 11.4. The molecule has 0 bridgehead atoms. The number of ether oxygens (including phenoxy) is 3. The highest BCUT2D eigenvalue weighted by atomic mass is 16.7. The highest BCUT2D eigenvalue weighted by Crippen LogP contribution is 2.59. The summed E-state index contributed by atoms with van der Waals surface area (Å²) in [5.41, 5.74) is 1.10. The summed E-state index contributed by atoms with van der Waals surface area (Å²) >= 11 is 0. The Hall–Kier alpha value is -1.85. The van der Waals surface area contributed by atoms with Gasteiger partial charge in [0.2, 0.25) is 6.29 Å². The normalized spacial score (nSPS) is 46.3. The second kappa shape index (κ2) is 5.89. The van der Waals surface area contributed by atoms with E-state index < -0.39 is 17.5 Å². The Morgan fingerprint density at radius 1 is 1.17 bits per heavy atom. The molecule has 6 rings (SSSR count). The fourth-order valence-corrected chi connectivity index (χ4v) is 6.89. The smallest absolute Gasteiger partial charge is 0.339 e. The van der Waals surface area contributed by atoms with Crippen LogP contribution in [0.15, 0.2) is 29.8 Å². The fraction of sp³-hybridized carbons (Fsp3) is 0.640. The van der Waals surface area contributed by atoms with E-state index in [0.29, 0.717) is 24.5 Å². The Morgan fingerprint density at radius 2 is 2.00 bits per heavy atom. The van der Waals surface area contributed by atoms with Crippen molar-refractivity contribution in [2.24, 2.45) is 17.3 Å². The molecule has 2 aliphatic carbocycles. The minimum atomic E-state index is -1.22. The second-order valence-corrected chi connectivity index (χ2v) is 10.5. The topological polar surface area (TPSA) is 65.0 Å². The first-order valence-corrected chi connectivity index (χ1v) is 11.4. The molecule has 1 spiro atoms. The summed E-state index contributed by atoms with van der Waals surface area (Å²) in [7, 11) is 0. The van der Waals surface area contributed by atoms with Gasteiger partial charge in [0, 0.05) is 5.56 Å². The Morgan fingerprint density at radius 3 is 2.83 bits per heavy atom. The number of hydrogen-bond acceptors (Lipinski definition) is 5. The molecular formula is C25H30O5. The van der Waals surface area contributed by atoms with Crippen LogP contribution in [0.2, 0.25) is 0 Å². The minimum Gasteiger partial charge on any atom is -0.461 e. The molecule has 2 saturated heterocycles. The molecule has 5 aliphatic rings. The van der Waals surface area contributed by atoms with Gasteiger partial charge in [-0.05, 0) is 62.0 Å². The maximum atomic E-state index is 13.2. The van der Waals surface area contributed by atoms with Crippen LogP contribution in [0, 0.1) is 24.2 Å². The molecule has 3 heterocycles. The van der Waals surface area contributed by atoms with Crippen LogP contribution in [-0.2, 0) is 19.9 Å². The van der Waals surface area contributed by atoms with Crippen molar-refractivity contribution in [2.75, 3.05) is 0 Å². The molecular weight excluding hydrogens is 380 g/mol. The number of carbonyl (C=O) groups excluding carboxylic acids is 1. The average molecular weight is 411 g/mol. The number of hydrogen-bond donors (Lipinski definition) is 1. The van der Waals surface area contributed by atoms with E-state index in [0.717, 1.165) is 24.0 Å². The number of carbonyl (C=O) groups is 1. The monoisotopic (exact) mass is 410 g/mol. The molecule has 5 heteroatoms. The number of benzene rings is 1. The van der Waals surface area contributed by atoms with Gasteiger partial charge in [0.15, 0.2) is 11.2 Å². The Bertz CT molecular complexity index is 968. The molecule has 1 aromatic carbocycles. The minimum absolute atomic E-state index is 0.109. The summed E-state index contributed by atoms with van der Waals surface area (Å²) in [4.78, 5) is 13.2. The maximum absolute atomic E-state index is 13.2. The third kappa shape index (κ3) is 2.28. The van der Waals surface area contributed by atoms with Gasteiger partial charge in [-0.3, -0.25) is 0 Å². The van der Waals surface area contributed by atoms with Gasteiger partial charge in [0.1, 0.15) is 11.9 Å². The third-order valence-corrected chi connectivity index (χ3v) is 8.57. The highest BCUT2D eigenvalue weighted by molar-refractivity contribution is 5.83. The molecule has 1 saturated carbocycles. The summed E-state index contributed by atoms with van der Waals surface area (Å²) in [6, 6.07) is 5.82. The molecule has 160 valence electrons. The van der Waals surface area contributed by atoms with Gasteiger partial charge in [-0.1, -0.05) is 44.1 Å². The lowest BCUT2D eigenvalue weighted by molar-refractivity contribution is -0.273. The fourth-order valence-electron chi connectivity index (χ4n) is 6.89. The van der Waals surface area contributed by atoms with E-state index in [4.69, 9.17) is 14.2 Å². The van der Waals surface area contributed by atoms with E-state index in [-0.39, 0.29) is 23.4 Å². The van der Waals surface area contributed by atoms with Crippen molar-refractivity contribution in [3.05, 3.63) is 41.0 Å². The zero-order valence-corrected chi connectivity index (χ0v) is 17.9. The van der Waals surface area contributed by atoms with Crippen LogP contribution in [0.4, 0.5) is 0 Å². The van der Waals surface area contributed by atoms with Crippen LogP contribution in [-0.4, -0.2) is 29.1 Å². The highest BCUT2D eigenvalue weighted by Gasteiger charge is 2.67. The average Bonchev–Trinajstić information content (AvgIpc) is 3.11. The third-order valence-electron chi connectivity index (χ3n) is 8.57. The van der Waals surface area contributed by atoms with E-state index in [2.05, 4.69) is 19.9 Å². The molecule has 0 radical (unpaired) electrons. The largest absolute Gasteiger partial charge is 0.461 e. The molecule has 3 aliphatic heterocycles. The number of aryl methyl sites for hydroxylation is 1. The van der Waals surface area contributed by atoms with Gasteiger partial charge in [0.25, 0.3) is 0 Å². The first-order chi connectivity index (χ1) is 14.3. The lowest BCUT2D eigenvalue weighted by atomic mass is 9.58. The molecule has 1 N–H and O–H groups in total. The molecule has 0 amide bonds. The molecule has 3 fully saturated rings. The first kappa shape index (κ1) is 18.9. The van der Waals surface area contributed by atoms with Crippen molar-refractivity contribution in [3.8, 4) is 5.75 Å². The summed E-state index contributed by atoms with van der Waals surface area (Å²) < 4.78 is 18.4. The van der Waals surface area contributed by atoms with E-state index in [1.54, 1.807) is 0 Å². The predicted octanol–water partition coefficient (Wildman–Crippen LogP) is 4.15. The Labute approximate surface area is 177 Å². The summed E-state index contributed by atoms with van der Waals surface area (Å²) in [5, 5.41) is 11.4. The molecule has 30 heavy (non-hydrogen) atoms. The molecule has 7 unspecified atom stereocenters. The van der Waals surface area contributed by atoms with Gasteiger partial charge >= 0.3 is 5.97 Å². The van der Waals surface area contributed by atoms with Gasteiger partial charge in [-0.25, -0.2) is 4.79 Å². The molecule has 1 aromatic rings. The molecule has 7 atom stereocenters. The number of aliphatic hydroxyl groups is 1. The summed E-state index contributed by atoms with van der Waals surface area (Å²) in [6.07, 6.45) is 6.55. The maximum Gasteiger partial charge on any atom is 0.339 e. The van der Waals surface area contributed by atoms with Crippen LogP contribution in [0.3, 0.4) is 0 Å². The quantitative estimate of drug-likeness (QED) is 0.514. The van der Waals surface area contributed by atoms with E-state index in [1.807, 2.05) is 25.1 Å². The van der Waals surface area contributed by atoms with Gasteiger partial charge in [-0.2, -0.15) is 0 Å². The van der Waals surface area contributed by atoms with E-state index >= 15 is 0 Å². The number of esters is 1.